The van der Waals surface area contributed by atoms with Gasteiger partial charge in [0.05, 0.1) is 22.1 Å². The summed E-state index contributed by atoms with van der Waals surface area (Å²) in [6.07, 6.45) is 0. The fourth-order valence-electron chi connectivity index (χ4n) is 9.02. The fraction of sp³-hybridized carbons (Fsp3) is 0. The van der Waals surface area contributed by atoms with Gasteiger partial charge in [-0.25, -0.2) is 15.0 Å². The lowest BCUT2D eigenvalue weighted by atomic mass is 10.0. The summed E-state index contributed by atoms with van der Waals surface area (Å²) in [6.45, 7) is 0. The fourth-order valence-corrected chi connectivity index (χ4v) is 9.02. The molecule has 0 atom stereocenters. The molecular formula is C57H37N5. The number of rotatable bonds is 7. The zero-order valence-corrected chi connectivity index (χ0v) is 33.6. The molecule has 3 aromatic heterocycles. The van der Waals surface area contributed by atoms with E-state index in [0.29, 0.717) is 17.5 Å². The van der Waals surface area contributed by atoms with Crippen LogP contribution in [0.3, 0.4) is 0 Å². The van der Waals surface area contributed by atoms with Crippen LogP contribution in [0, 0.1) is 0 Å². The first-order valence-electron chi connectivity index (χ1n) is 20.9. The number of aromatic nitrogens is 5. The molecule has 0 aliphatic rings. The van der Waals surface area contributed by atoms with Crippen molar-refractivity contribution < 1.29 is 0 Å². The highest BCUT2D eigenvalue weighted by Crippen LogP contribution is 2.40. The van der Waals surface area contributed by atoms with Gasteiger partial charge in [-0.3, -0.25) is 0 Å². The van der Waals surface area contributed by atoms with Gasteiger partial charge in [-0.1, -0.05) is 152 Å². The minimum absolute atomic E-state index is 0.614. The maximum Gasteiger partial charge on any atom is 0.164 e. The third-order valence-electron chi connectivity index (χ3n) is 12.0. The number of hydrogen-bond donors (Lipinski definition) is 0. The summed E-state index contributed by atoms with van der Waals surface area (Å²) < 4.78 is 4.77. The molecule has 5 heteroatoms. The van der Waals surface area contributed by atoms with Crippen molar-refractivity contribution in [3.8, 4) is 67.8 Å². The van der Waals surface area contributed by atoms with Crippen LogP contribution in [0.2, 0.25) is 0 Å². The minimum Gasteiger partial charge on any atom is -0.309 e. The smallest absolute Gasteiger partial charge is 0.164 e. The molecule has 5 nitrogen and oxygen atoms in total. The summed E-state index contributed by atoms with van der Waals surface area (Å²) in [7, 11) is 0. The topological polar surface area (TPSA) is 48.5 Å². The molecule has 0 radical (unpaired) electrons. The number of hydrogen-bond acceptors (Lipinski definition) is 3. The van der Waals surface area contributed by atoms with Crippen LogP contribution in [0.5, 0.6) is 0 Å². The van der Waals surface area contributed by atoms with Gasteiger partial charge < -0.3 is 9.13 Å². The molecule has 0 amide bonds. The second kappa shape index (κ2) is 14.7. The zero-order valence-electron chi connectivity index (χ0n) is 33.6. The van der Waals surface area contributed by atoms with E-state index in [9.17, 15) is 0 Å². The van der Waals surface area contributed by atoms with Crippen LogP contribution in [-0.2, 0) is 0 Å². The average Bonchev–Trinajstić information content (AvgIpc) is 3.86. The summed E-state index contributed by atoms with van der Waals surface area (Å²) in [5, 5.41) is 4.91. The van der Waals surface area contributed by atoms with E-state index >= 15 is 0 Å². The second-order valence-corrected chi connectivity index (χ2v) is 15.7. The zero-order chi connectivity index (χ0) is 41.0. The predicted molar refractivity (Wildman–Crippen MR) is 256 cm³/mol. The van der Waals surface area contributed by atoms with Gasteiger partial charge in [-0.05, 0) is 95.1 Å². The highest BCUT2D eigenvalue weighted by Gasteiger charge is 2.19. The Morgan fingerprint density at radius 3 is 1.11 bits per heavy atom. The van der Waals surface area contributed by atoms with Crippen molar-refractivity contribution in [3.63, 3.8) is 0 Å². The van der Waals surface area contributed by atoms with Crippen molar-refractivity contribution in [1.82, 2.24) is 24.1 Å². The van der Waals surface area contributed by atoms with E-state index in [0.717, 1.165) is 61.4 Å². The van der Waals surface area contributed by atoms with E-state index in [1.165, 1.54) is 32.6 Å². The van der Waals surface area contributed by atoms with Gasteiger partial charge in [-0.2, -0.15) is 0 Å². The molecule has 0 unspecified atom stereocenters. The third-order valence-corrected chi connectivity index (χ3v) is 12.0. The first-order chi connectivity index (χ1) is 30.7. The van der Waals surface area contributed by atoms with E-state index in [1.807, 2.05) is 12.1 Å². The Bertz CT molecular complexity index is 3510. The van der Waals surface area contributed by atoms with Crippen molar-refractivity contribution in [2.45, 2.75) is 0 Å². The minimum atomic E-state index is 0.614. The molecule has 3 heterocycles. The van der Waals surface area contributed by atoms with Gasteiger partial charge in [0.25, 0.3) is 0 Å². The van der Waals surface area contributed by atoms with E-state index in [-0.39, 0.29) is 0 Å². The van der Waals surface area contributed by atoms with E-state index in [1.54, 1.807) is 0 Å². The monoisotopic (exact) mass is 791 g/mol. The summed E-state index contributed by atoms with van der Waals surface area (Å²) >= 11 is 0. The van der Waals surface area contributed by atoms with E-state index < -0.39 is 0 Å². The number of benzene rings is 9. The lowest BCUT2D eigenvalue weighted by molar-refractivity contribution is 1.07. The highest BCUT2D eigenvalue weighted by atomic mass is 15.0. The van der Waals surface area contributed by atoms with Gasteiger partial charge in [0.2, 0.25) is 0 Å². The van der Waals surface area contributed by atoms with Crippen LogP contribution in [0.1, 0.15) is 0 Å². The Labute approximate surface area is 358 Å². The molecule has 0 N–H and O–H groups in total. The highest BCUT2D eigenvalue weighted by molar-refractivity contribution is 6.19. The standard InChI is InChI=1S/C57H37N5/c1-4-16-38(17-5-1)41-20-14-22-43(34-41)56-58-55(59-57(60-56)44-23-15-21-42(35-44)39-18-6-2-7-19-39)40-30-32-46(33-31-40)62-52-29-13-11-27-48(52)50-36-49-47-26-10-12-28-51(47)61(53(49)37-54(50)62)45-24-8-3-9-25-45/h1-37H. The second-order valence-electron chi connectivity index (χ2n) is 15.7. The first-order valence-corrected chi connectivity index (χ1v) is 20.9. The molecule has 12 rings (SSSR count). The lowest BCUT2D eigenvalue weighted by Crippen LogP contribution is -2.01. The molecular weight excluding hydrogens is 755 g/mol. The molecule has 0 fully saturated rings. The number of para-hydroxylation sites is 3. The summed E-state index contributed by atoms with van der Waals surface area (Å²) in [5.74, 6) is 1.86. The molecule has 290 valence electrons. The SMILES string of the molecule is c1ccc(-c2cccc(-c3nc(-c4ccc(-n5c6ccccc6c6cc7c8ccccc8n(-c8ccccc8)c7cc65)cc4)nc(-c4cccc(-c5ccccc5)c4)n3)c2)cc1. The largest absolute Gasteiger partial charge is 0.309 e. The van der Waals surface area contributed by atoms with Gasteiger partial charge in [0.15, 0.2) is 17.5 Å². The summed E-state index contributed by atoms with van der Waals surface area (Å²) in [5.41, 5.74) is 14.1. The molecule has 0 saturated heterocycles. The van der Waals surface area contributed by atoms with E-state index in [2.05, 4.69) is 221 Å². The molecule has 12 aromatic rings. The van der Waals surface area contributed by atoms with Gasteiger partial charge in [-0.15, -0.1) is 0 Å². The molecule has 0 aliphatic carbocycles. The van der Waals surface area contributed by atoms with Crippen molar-refractivity contribution in [3.05, 3.63) is 224 Å². The molecule has 62 heavy (non-hydrogen) atoms. The maximum atomic E-state index is 5.17. The Balaban J connectivity index is 1.02. The van der Waals surface area contributed by atoms with Crippen molar-refractivity contribution in [2.24, 2.45) is 0 Å². The van der Waals surface area contributed by atoms with Crippen LogP contribution in [0.15, 0.2) is 224 Å². The van der Waals surface area contributed by atoms with Crippen molar-refractivity contribution in [2.75, 3.05) is 0 Å². The maximum absolute atomic E-state index is 5.17. The van der Waals surface area contributed by atoms with Gasteiger partial charge in [0.1, 0.15) is 0 Å². The summed E-state index contributed by atoms with van der Waals surface area (Å²) in [6, 6.07) is 79.2. The number of fused-ring (bicyclic) bond motifs is 6. The average molecular weight is 792 g/mol. The van der Waals surface area contributed by atoms with Crippen LogP contribution in [-0.4, -0.2) is 24.1 Å². The van der Waals surface area contributed by atoms with E-state index in [4.69, 9.17) is 15.0 Å². The third kappa shape index (κ3) is 6.06. The lowest BCUT2D eigenvalue weighted by Gasteiger charge is -2.12. The summed E-state index contributed by atoms with van der Waals surface area (Å²) in [4.78, 5) is 15.5. The van der Waals surface area contributed by atoms with Crippen LogP contribution in [0.4, 0.5) is 0 Å². The van der Waals surface area contributed by atoms with Crippen molar-refractivity contribution >= 4 is 43.6 Å². The predicted octanol–water partition coefficient (Wildman–Crippen LogP) is 14.4. The normalized spacial score (nSPS) is 11.5. The number of nitrogens with zero attached hydrogens (tertiary/aromatic N) is 5. The van der Waals surface area contributed by atoms with Crippen molar-refractivity contribution in [1.29, 1.82) is 0 Å². The first kappa shape index (κ1) is 35.5. The quantitative estimate of drug-likeness (QED) is 0.162. The molecule has 0 spiro atoms. The molecule has 0 saturated carbocycles. The Hall–Kier alpha value is -8.41. The molecule has 9 aromatic carbocycles. The molecule has 0 bridgehead atoms. The van der Waals surface area contributed by atoms with Gasteiger partial charge in [0, 0.05) is 49.6 Å². The Morgan fingerprint density at radius 2 is 0.613 bits per heavy atom. The van der Waals surface area contributed by atoms with Gasteiger partial charge >= 0.3 is 0 Å². The van der Waals surface area contributed by atoms with Crippen LogP contribution in [0.25, 0.3) is 111 Å². The Kier molecular flexibility index (Phi) is 8.42. The molecule has 0 aliphatic heterocycles. The van der Waals surface area contributed by atoms with Crippen LogP contribution < -0.4 is 0 Å². The van der Waals surface area contributed by atoms with Crippen LogP contribution >= 0.6 is 0 Å². The Morgan fingerprint density at radius 1 is 0.226 bits per heavy atom.